The number of aromatic nitrogens is 1. The van der Waals surface area contributed by atoms with Crippen LogP contribution in [0.1, 0.15) is 35.8 Å². The van der Waals surface area contributed by atoms with Crippen molar-refractivity contribution in [3.05, 3.63) is 46.4 Å². The highest BCUT2D eigenvalue weighted by molar-refractivity contribution is 7.07. The van der Waals surface area contributed by atoms with Crippen LogP contribution in [-0.2, 0) is 6.61 Å². The molecule has 110 valence electrons. The summed E-state index contributed by atoms with van der Waals surface area (Å²) in [5, 5.41) is 5.00. The summed E-state index contributed by atoms with van der Waals surface area (Å²) in [7, 11) is 0. The quantitative estimate of drug-likeness (QED) is 0.891. The molecule has 0 bridgehead atoms. The molecule has 0 radical (unpaired) electrons. The van der Waals surface area contributed by atoms with Crippen LogP contribution in [0.2, 0.25) is 0 Å². The van der Waals surface area contributed by atoms with Crippen LogP contribution >= 0.6 is 11.3 Å². The van der Waals surface area contributed by atoms with Crippen LogP contribution in [0.15, 0.2) is 35.2 Å². The molecule has 1 aliphatic carbocycles. The van der Waals surface area contributed by atoms with Crippen molar-refractivity contribution in [2.45, 2.75) is 32.4 Å². The number of amides is 1. The number of carbonyl (C=O) groups excluding carboxylic acids is 1. The zero-order valence-electron chi connectivity index (χ0n) is 11.9. The summed E-state index contributed by atoms with van der Waals surface area (Å²) in [6.45, 7) is 2.49. The van der Waals surface area contributed by atoms with Crippen LogP contribution in [0.25, 0.3) is 0 Å². The van der Waals surface area contributed by atoms with Gasteiger partial charge in [-0.3, -0.25) is 4.79 Å². The van der Waals surface area contributed by atoms with Gasteiger partial charge in [-0.25, -0.2) is 4.98 Å². The highest BCUT2D eigenvalue weighted by Crippen LogP contribution is 2.32. The second-order valence-electron chi connectivity index (χ2n) is 5.40. The van der Waals surface area contributed by atoms with Gasteiger partial charge < -0.3 is 10.1 Å². The van der Waals surface area contributed by atoms with Gasteiger partial charge in [-0.15, -0.1) is 11.3 Å². The minimum Gasteiger partial charge on any atom is -0.487 e. The van der Waals surface area contributed by atoms with Crippen molar-refractivity contribution in [1.29, 1.82) is 0 Å². The first kappa shape index (κ1) is 14.1. The van der Waals surface area contributed by atoms with Crippen LogP contribution in [0, 0.1) is 5.92 Å². The molecule has 1 aliphatic rings. The van der Waals surface area contributed by atoms with Crippen LogP contribution in [0.3, 0.4) is 0 Å². The number of carbonyl (C=O) groups is 1. The number of ether oxygens (including phenoxy) is 1. The lowest BCUT2D eigenvalue weighted by Gasteiger charge is -2.13. The lowest BCUT2D eigenvalue weighted by molar-refractivity contribution is 0.0935. The molecule has 21 heavy (non-hydrogen) atoms. The average molecular weight is 302 g/mol. The Morgan fingerprint density at radius 1 is 1.52 bits per heavy atom. The molecule has 1 heterocycles. The van der Waals surface area contributed by atoms with Gasteiger partial charge in [0.05, 0.1) is 11.2 Å². The summed E-state index contributed by atoms with van der Waals surface area (Å²) in [5.74, 6) is 1.31. The maximum Gasteiger partial charge on any atom is 0.251 e. The molecule has 0 spiro atoms. The third kappa shape index (κ3) is 3.82. The van der Waals surface area contributed by atoms with Crippen LogP contribution < -0.4 is 10.1 Å². The topological polar surface area (TPSA) is 51.2 Å². The minimum absolute atomic E-state index is 0.0338. The van der Waals surface area contributed by atoms with Crippen LogP contribution in [0.4, 0.5) is 0 Å². The highest BCUT2D eigenvalue weighted by Gasteiger charge is 2.29. The minimum atomic E-state index is -0.0338. The Labute approximate surface area is 128 Å². The average Bonchev–Trinajstić information content (AvgIpc) is 3.22. The molecule has 1 aromatic carbocycles. The molecule has 1 saturated carbocycles. The molecule has 0 aliphatic heterocycles. The first-order chi connectivity index (χ1) is 10.2. The molecular formula is C16H18N2O2S. The van der Waals surface area contributed by atoms with Gasteiger partial charge in [0.1, 0.15) is 12.4 Å². The summed E-state index contributed by atoms with van der Waals surface area (Å²) in [4.78, 5) is 16.4. The van der Waals surface area contributed by atoms with Crippen molar-refractivity contribution < 1.29 is 9.53 Å². The van der Waals surface area contributed by atoms with E-state index in [9.17, 15) is 4.79 Å². The van der Waals surface area contributed by atoms with E-state index in [1.54, 1.807) is 22.9 Å². The zero-order chi connectivity index (χ0) is 14.7. The fourth-order valence-corrected chi connectivity index (χ4v) is 2.74. The van der Waals surface area contributed by atoms with Gasteiger partial charge in [0.15, 0.2) is 0 Å². The Balaban J connectivity index is 1.60. The molecule has 2 aromatic rings. The van der Waals surface area contributed by atoms with E-state index >= 15 is 0 Å². The number of nitrogens with zero attached hydrogens (tertiary/aromatic N) is 1. The lowest BCUT2D eigenvalue weighted by atomic mass is 10.1. The van der Waals surface area contributed by atoms with E-state index in [4.69, 9.17) is 4.74 Å². The molecule has 1 unspecified atom stereocenters. The van der Waals surface area contributed by atoms with Gasteiger partial charge >= 0.3 is 0 Å². The molecule has 1 aromatic heterocycles. The number of hydrogen-bond donors (Lipinski definition) is 1. The maximum absolute atomic E-state index is 12.2. The molecule has 1 atom stereocenters. The van der Waals surface area contributed by atoms with Crippen molar-refractivity contribution >= 4 is 17.2 Å². The van der Waals surface area contributed by atoms with Crippen molar-refractivity contribution in [3.8, 4) is 5.75 Å². The van der Waals surface area contributed by atoms with Gasteiger partial charge in [0.2, 0.25) is 0 Å². The largest absolute Gasteiger partial charge is 0.487 e. The Morgan fingerprint density at radius 3 is 3.10 bits per heavy atom. The van der Waals surface area contributed by atoms with Crippen molar-refractivity contribution in [2.75, 3.05) is 0 Å². The third-order valence-electron chi connectivity index (χ3n) is 3.65. The van der Waals surface area contributed by atoms with Crippen LogP contribution in [-0.4, -0.2) is 16.9 Å². The van der Waals surface area contributed by atoms with E-state index in [1.165, 1.54) is 12.8 Å². The molecule has 4 nitrogen and oxygen atoms in total. The monoisotopic (exact) mass is 302 g/mol. The van der Waals surface area contributed by atoms with Crippen LogP contribution in [0.5, 0.6) is 5.75 Å². The second kappa shape index (κ2) is 6.26. The molecule has 0 saturated heterocycles. The number of thiazole rings is 1. The SMILES string of the molecule is CC(NC(=O)c1cccc(OCc2cscn2)c1)C1CC1. The maximum atomic E-state index is 12.2. The molecule has 5 heteroatoms. The molecule has 3 rings (SSSR count). The van der Waals surface area contributed by atoms with E-state index in [2.05, 4.69) is 17.2 Å². The number of hydrogen-bond acceptors (Lipinski definition) is 4. The predicted octanol–water partition coefficient (Wildman–Crippen LogP) is 3.25. The Morgan fingerprint density at radius 2 is 2.38 bits per heavy atom. The summed E-state index contributed by atoms with van der Waals surface area (Å²) >= 11 is 1.54. The molecule has 1 N–H and O–H groups in total. The normalized spacial score (nSPS) is 15.5. The summed E-state index contributed by atoms with van der Waals surface area (Å²) in [6, 6.07) is 7.53. The first-order valence-corrected chi connectivity index (χ1v) is 8.07. The Hall–Kier alpha value is -1.88. The third-order valence-corrected chi connectivity index (χ3v) is 4.29. The van der Waals surface area contributed by atoms with E-state index in [0.717, 1.165) is 5.69 Å². The standard InChI is InChI=1S/C16H18N2O2S/c1-11(12-5-6-12)18-16(19)13-3-2-4-15(7-13)20-8-14-9-21-10-17-14/h2-4,7,9-12H,5-6,8H2,1H3,(H,18,19). The number of rotatable bonds is 6. The van der Waals surface area contributed by atoms with Gasteiger partial charge in [0, 0.05) is 17.0 Å². The fourth-order valence-electron chi connectivity index (χ4n) is 2.20. The first-order valence-electron chi connectivity index (χ1n) is 7.13. The predicted molar refractivity (Wildman–Crippen MR) is 82.5 cm³/mol. The van der Waals surface area contributed by atoms with Gasteiger partial charge in [-0.1, -0.05) is 6.07 Å². The van der Waals surface area contributed by atoms with E-state index in [0.29, 0.717) is 23.8 Å². The highest BCUT2D eigenvalue weighted by atomic mass is 32.1. The van der Waals surface area contributed by atoms with Gasteiger partial charge in [0.25, 0.3) is 5.91 Å². The molecule has 1 fully saturated rings. The smallest absolute Gasteiger partial charge is 0.251 e. The summed E-state index contributed by atoms with van der Waals surface area (Å²) < 4.78 is 5.67. The number of benzene rings is 1. The van der Waals surface area contributed by atoms with E-state index in [-0.39, 0.29) is 11.9 Å². The molecular weight excluding hydrogens is 284 g/mol. The van der Waals surface area contributed by atoms with Gasteiger partial charge in [-0.2, -0.15) is 0 Å². The number of nitrogens with one attached hydrogen (secondary N) is 1. The second-order valence-corrected chi connectivity index (χ2v) is 6.11. The lowest BCUT2D eigenvalue weighted by Crippen LogP contribution is -2.33. The van der Waals surface area contributed by atoms with Crippen molar-refractivity contribution in [3.63, 3.8) is 0 Å². The Kier molecular flexibility index (Phi) is 4.20. The summed E-state index contributed by atoms with van der Waals surface area (Å²) in [6.07, 6.45) is 2.44. The van der Waals surface area contributed by atoms with E-state index in [1.807, 2.05) is 23.6 Å². The summed E-state index contributed by atoms with van der Waals surface area (Å²) in [5.41, 5.74) is 3.32. The van der Waals surface area contributed by atoms with Crippen molar-refractivity contribution in [2.24, 2.45) is 5.92 Å². The fraction of sp³-hybridized carbons (Fsp3) is 0.375. The Bertz CT molecular complexity index is 608. The molecule has 1 amide bonds. The zero-order valence-corrected chi connectivity index (χ0v) is 12.7. The van der Waals surface area contributed by atoms with Crippen molar-refractivity contribution in [1.82, 2.24) is 10.3 Å². The van der Waals surface area contributed by atoms with E-state index < -0.39 is 0 Å². The van der Waals surface area contributed by atoms with Gasteiger partial charge in [-0.05, 0) is 43.9 Å².